The van der Waals surface area contributed by atoms with Gasteiger partial charge < -0.3 is 15.4 Å². The predicted molar refractivity (Wildman–Crippen MR) is 67.3 cm³/mol. The number of morpholine rings is 1. The molecule has 1 saturated heterocycles. The number of hydrogen-bond donors (Lipinski definition) is 1. The van der Waals surface area contributed by atoms with Crippen LogP contribution in [-0.4, -0.2) is 31.7 Å². The van der Waals surface area contributed by atoms with E-state index in [2.05, 4.69) is 0 Å². The number of hydrogen-bond acceptors (Lipinski definition) is 4. The molecule has 1 fully saturated rings. The monoisotopic (exact) mass is 299 g/mol. The van der Waals surface area contributed by atoms with E-state index in [1.807, 2.05) is 0 Å². The molecule has 1 aromatic rings. The molecule has 0 aromatic heterocycles. The number of ether oxygens (including phenoxy) is 1. The minimum atomic E-state index is -4.61. The summed E-state index contributed by atoms with van der Waals surface area (Å²) in [6.07, 6.45) is -5.47. The van der Waals surface area contributed by atoms with Crippen molar-refractivity contribution in [2.45, 2.75) is 12.3 Å². The zero-order valence-electron chi connectivity index (χ0n) is 10.9. The van der Waals surface area contributed by atoms with Gasteiger partial charge in [-0.1, -0.05) is 0 Å². The molecule has 1 atom stereocenters. The lowest BCUT2D eigenvalue weighted by molar-refractivity contribution is -0.137. The Bertz CT molecular complexity index is 595. The van der Waals surface area contributed by atoms with Crippen molar-refractivity contribution in [2.75, 3.05) is 24.6 Å². The summed E-state index contributed by atoms with van der Waals surface area (Å²) in [5, 5.41) is 8.75. The van der Waals surface area contributed by atoms with Gasteiger partial charge in [-0.05, 0) is 18.2 Å². The number of nitriles is 1. The Labute approximate surface area is 118 Å². The molecule has 1 aliphatic heterocycles. The minimum Gasteiger partial charge on any atom is -0.367 e. The van der Waals surface area contributed by atoms with Crippen molar-refractivity contribution < 1.29 is 22.7 Å². The average Bonchev–Trinajstić information content (AvgIpc) is 2.45. The number of primary amides is 1. The first kappa shape index (κ1) is 15.1. The van der Waals surface area contributed by atoms with Crippen LogP contribution in [0.4, 0.5) is 18.9 Å². The van der Waals surface area contributed by atoms with Gasteiger partial charge in [0.2, 0.25) is 5.91 Å². The molecule has 0 spiro atoms. The third kappa shape index (κ3) is 3.25. The maximum Gasteiger partial charge on any atom is 0.417 e. The fraction of sp³-hybridized carbons (Fsp3) is 0.385. The van der Waals surface area contributed by atoms with E-state index in [1.54, 1.807) is 4.90 Å². The van der Waals surface area contributed by atoms with Gasteiger partial charge in [-0.25, -0.2) is 0 Å². The molecule has 0 saturated carbocycles. The van der Waals surface area contributed by atoms with E-state index < -0.39 is 29.3 Å². The molecule has 1 amide bonds. The zero-order valence-corrected chi connectivity index (χ0v) is 10.9. The minimum absolute atomic E-state index is 0.0819. The molecular weight excluding hydrogens is 287 g/mol. The molecule has 1 aliphatic rings. The lowest BCUT2D eigenvalue weighted by Crippen LogP contribution is -2.48. The number of carbonyl (C=O) groups is 1. The first-order valence-electron chi connectivity index (χ1n) is 6.10. The van der Waals surface area contributed by atoms with E-state index in [0.29, 0.717) is 6.54 Å². The third-order valence-corrected chi connectivity index (χ3v) is 3.18. The molecule has 8 heteroatoms. The Morgan fingerprint density at radius 2 is 2.19 bits per heavy atom. The quantitative estimate of drug-likeness (QED) is 0.892. The molecule has 2 rings (SSSR count). The van der Waals surface area contributed by atoms with Gasteiger partial charge in [0.25, 0.3) is 0 Å². The fourth-order valence-electron chi connectivity index (χ4n) is 2.12. The Morgan fingerprint density at radius 1 is 1.48 bits per heavy atom. The summed E-state index contributed by atoms with van der Waals surface area (Å²) in [6, 6.07) is 4.96. The molecule has 1 heterocycles. The molecule has 2 N–H and O–H groups in total. The Hall–Kier alpha value is -2.27. The molecule has 112 valence electrons. The molecule has 21 heavy (non-hydrogen) atoms. The smallest absolute Gasteiger partial charge is 0.367 e. The van der Waals surface area contributed by atoms with Gasteiger partial charge in [0.1, 0.15) is 0 Å². The largest absolute Gasteiger partial charge is 0.417 e. The van der Waals surface area contributed by atoms with E-state index in [9.17, 15) is 18.0 Å². The molecular formula is C13H12F3N3O2. The second-order valence-corrected chi connectivity index (χ2v) is 4.55. The number of carbonyl (C=O) groups excluding carboxylic acids is 1. The van der Waals surface area contributed by atoms with Crippen molar-refractivity contribution >= 4 is 11.6 Å². The summed E-state index contributed by atoms with van der Waals surface area (Å²) in [6.45, 7) is 0.612. The van der Waals surface area contributed by atoms with Gasteiger partial charge in [-0.3, -0.25) is 4.79 Å². The van der Waals surface area contributed by atoms with Gasteiger partial charge in [-0.2, -0.15) is 18.4 Å². The van der Waals surface area contributed by atoms with Crippen LogP contribution in [0.2, 0.25) is 0 Å². The highest BCUT2D eigenvalue weighted by atomic mass is 19.4. The van der Waals surface area contributed by atoms with E-state index >= 15 is 0 Å². The molecule has 1 aromatic carbocycles. The Morgan fingerprint density at radius 3 is 2.76 bits per heavy atom. The van der Waals surface area contributed by atoms with Crippen LogP contribution >= 0.6 is 0 Å². The van der Waals surface area contributed by atoms with Crippen molar-refractivity contribution in [1.29, 1.82) is 5.26 Å². The third-order valence-electron chi connectivity index (χ3n) is 3.18. The maximum atomic E-state index is 12.9. The molecule has 0 radical (unpaired) electrons. The topological polar surface area (TPSA) is 79.3 Å². The van der Waals surface area contributed by atoms with Crippen LogP contribution in [-0.2, 0) is 15.7 Å². The van der Waals surface area contributed by atoms with Crippen LogP contribution in [0.3, 0.4) is 0 Å². The summed E-state index contributed by atoms with van der Waals surface area (Å²) < 4.78 is 43.9. The molecule has 5 nitrogen and oxygen atoms in total. The van der Waals surface area contributed by atoms with E-state index in [-0.39, 0.29) is 18.8 Å². The summed E-state index contributed by atoms with van der Waals surface area (Å²) >= 11 is 0. The van der Waals surface area contributed by atoms with Gasteiger partial charge in [0.15, 0.2) is 6.10 Å². The summed E-state index contributed by atoms with van der Waals surface area (Å²) in [7, 11) is 0. The van der Waals surface area contributed by atoms with Crippen LogP contribution in [0.5, 0.6) is 0 Å². The van der Waals surface area contributed by atoms with E-state index in [0.717, 1.165) is 12.1 Å². The van der Waals surface area contributed by atoms with Crippen molar-refractivity contribution in [3.05, 3.63) is 29.3 Å². The first-order chi connectivity index (χ1) is 9.82. The second kappa shape index (κ2) is 5.61. The highest BCUT2D eigenvalue weighted by Crippen LogP contribution is 2.34. The fourth-order valence-corrected chi connectivity index (χ4v) is 2.12. The van der Waals surface area contributed by atoms with Crippen molar-refractivity contribution in [3.63, 3.8) is 0 Å². The van der Waals surface area contributed by atoms with Gasteiger partial charge in [-0.15, -0.1) is 0 Å². The zero-order chi connectivity index (χ0) is 15.6. The number of alkyl halides is 3. The number of nitrogens with two attached hydrogens (primary N) is 1. The molecule has 0 bridgehead atoms. The van der Waals surface area contributed by atoms with Gasteiger partial charge in [0, 0.05) is 12.2 Å². The van der Waals surface area contributed by atoms with Crippen molar-refractivity contribution in [3.8, 4) is 6.07 Å². The Balaban J connectivity index is 2.33. The predicted octanol–water partition coefficient (Wildman–Crippen LogP) is 1.27. The highest BCUT2D eigenvalue weighted by molar-refractivity contribution is 5.80. The van der Waals surface area contributed by atoms with Crippen LogP contribution in [0.15, 0.2) is 18.2 Å². The van der Waals surface area contributed by atoms with Crippen molar-refractivity contribution in [1.82, 2.24) is 0 Å². The molecule has 0 aliphatic carbocycles. The van der Waals surface area contributed by atoms with Gasteiger partial charge >= 0.3 is 6.18 Å². The number of amides is 1. The molecule has 0 unspecified atom stereocenters. The van der Waals surface area contributed by atoms with Gasteiger partial charge in [0.05, 0.1) is 30.3 Å². The number of anilines is 1. The van der Waals surface area contributed by atoms with Crippen molar-refractivity contribution in [2.24, 2.45) is 5.73 Å². The summed E-state index contributed by atoms with van der Waals surface area (Å²) in [5.41, 5.74) is 3.98. The first-order valence-corrected chi connectivity index (χ1v) is 6.10. The number of halogens is 3. The number of benzene rings is 1. The number of nitrogens with zero attached hydrogens (tertiary/aromatic N) is 2. The van der Waals surface area contributed by atoms with E-state index in [4.69, 9.17) is 15.7 Å². The van der Waals surface area contributed by atoms with Crippen LogP contribution < -0.4 is 10.6 Å². The maximum absolute atomic E-state index is 12.9. The van der Waals surface area contributed by atoms with E-state index in [1.165, 1.54) is 12.1 Å². The lowest BCUT2D eigenvalue weighted by atomic mass is 10.1. The summed E-state index contributed by atoms with van der Waals surface area (Å²) in [5.74, 6) is -0.663. The SMILES string of the molecule is N#Cc1ccc(N2CCO[C@H](C(N)=O)C2)cc1C(F)(F)F. The van der Waals surface area contributed by atoms with Crippen LogP contribution in [0, 0.1) is 11.3 Å². The van der Waals surface area contributed by atoms with Crippen LogP contribution in [0.25, 0.3) is 0 Å². The Kier molecular flexibility index (Phi) is 4.04. The van der Waals surface area contributed by atoms with Crippen LogP contribution in [0.1, 0.15) is 11.1 Å². The highest BCUT2D eigenvalue weighted by Gasteiger charge is 2.35. The number of rotatable bonds is 2. The summed E-state index contributed by atoms with van der Waals surface area (Å²) in [4.78, 5) is 12.7. The second-order valence-electron chi connectivity index (χ2n) is 4.55. The standard InChI is InChI=1S/C13H12F3N3O2/c14-13(15,16)10-5-9(2-1-8(10)6-17)19-3-4-21-11(7-19)12(18)20/h1-2,5,11H,3-4,7H2,(H2,18,20)/t11-/m0/s1. The normalized spacial score (nSPS) is 19.1. The lowest BCUT2D eigenvalue weighted by Gasteiger charge is -2.33. The average molecular weight is 299 g/mol.